The van der Waals surface area contributed by atoms with Crippen LogP contribution in [0.3, 0.4) is 0 Å². The lowest BCUT2D eigenvalue weighted by Crippen LogP contribution is -2.68. The van der Waals surface area contributed by atoms with Gasteiger partial charge in [0.1, 0.15) is 18.3 Å². The van der Waals surface area contributed by atoms with Crippen molar-refractivity contribution in [2.24, 2.45) is 0 Å². The summed E-state index contributed by atoms with van der Waals surface area (Å²) in [7, 11) is 0.552. The molecule has 2 aromatic carbocycles. The van der Waals surface area contributed by atoms with Crippen molar-refractivity contribution in [2.75, 3.05) is 27.3 Å². The minimum absolute atomic E-state index is 0.147. The summed E-state index contributed by atoms with van der Waals surface area (Å²) in [6, 6.07) is 21.7. The number of benzene rings is 2. The van der Waals surface area contributed by atoms with Crippen LogP contribution in [0.5, 0.6) is 0 Å². The molecule has 2 N–H and O–H groups in total. The van der Waals surface area contributed by atoms with Crippen molar-refractivity contribution >= 4 is 18.7 Å². The third-order valence-electron chi connectivity index (χ3n) is 7.36. The number of aliphatic hydroxyl groups is 1. The second-order valence-corrected chi connectivity index (χ2v) is 15.7. The molecule has 0 spiro atoms. The van der Waals surface area contributed by atoms with Crippen LogP contribution in [-0.4, -0.2) is 79.8 Å². The molecular formula is C30H41N3O7Si. The van der Waals surface area contributed by atoms with Crippen molar-refractivity contribution in [3.05, 3.63) is 93.8 Å². The molecule has 0 bridgehead atoms. The molecule has 0 radical (unpaired) electrons. The summed E-state index contributed by atoms with van der Waals surface area (Å²) in [4.78, 5) is 32.2. The second-order valence-electron chi connectivity index (χ2n) is 11.5. The van der Waals surface area contributed by atoms with Gasteiger partial charge < -0.3 is 19.0 Å². The number of aromatic amines is 1. The maximum atomic E-state index is 12.7. The fourth-order valence-electron chi connectivity index (χ4n) is 5.54. The first-order valence-corrected chi connectivity index (χ1v) is 15.7. The Hall–Kier alpha value is -2.90. The summed E-state index contributed by atoms with van der Waals surface area (Å²) in [6.07, 6.45) is -3.12. The molecule has 0 saturated carbocycles. The Labute approximate surface area is 241 Å². The average molecular weight is 584 g/mol. The molecule has 1 unspecified atom stereocenters. The topological polar surface area (TPSA) is 115 Å². The SMILES string of the molecule is CC(O[Si](c1ccccc1)(c1ccccc1)C(C)(C)C)[C@H]1O[C@@H](n2ccc(=O)[nH]c2=O)[C@H](OCCON(C)C)[C@@H]1O. The number of hydrogen-bond donors (Lipinski definition) is 2. The van der Waals surface area contributed by atoms with Crippen LogP contribution < -0.4 is 21.6 Å². The van der Waals surface area contributed by atoms with Gasteiger partial charge in [-0.2, -0.15) is 5.06 Å². The summed E-state index contributed by atoms with van der Waals surface area (Å²) in [5.41, 5.74) is -1.18. The van der Waals surface area contributed by atoms with Crippen LogP contribution in [0.1, 0.15) is 33.9 Å². The van der Waals surface area contributed by atoms with Crippen molar-refractivity contribution in [3.8, 4) is 0 Å². The molecule has 0 aliphatic carbocycles. The highest BCUT2D eigenvalue weighted by molar-refractivity contribution is 6.99. The number of ether oxygens (including phenoxy) is 2. The number of aromatic nitrogens is 2. The predicted molar refractivity (Wildman–Crippen MR) is 159 cm³/mol. The molecule has 4 rings (SSSR count). The zero-order valence-corrected chi connectivity index (χ0v) is 25.5. The summed E-state index contributed by atoms with van der Waals surface area (Å²) >= 11 is 0. The molecule has 1 fully saturated rings. The molecule has 0 amide bonds. The van der Waals surface area contributed by atoms with E-state index in [1.807, 2.05) is 43.3 Å². The lowest BCUT2D eigenvalue weighted by atomic mass is 10.1. The molecule has 222 valence electrons. The molecule has 1 saturated heterocycles. The summed E-state index contributed by atoms with van der Waals surface area (Å²) in [5.74, 6) is 0. The van der Waals surface area contributed by atoms with Gasteiger partial charge in [0.05, 0.1) is 19.3 Å². The molecule has 1 aliphatic heterocycles. The van der Waals surface area contributed by atoms with Gasteiger partial charge in [0.2, 0.25) is 0 Å². The van der Waals surface area contributed by atoms with E-state index < -0.39 is 50.2 Å². The normalized spacial score (nSPS) is 22.2. The number of nitrogens with zero attached hydrogens (tertiary/aromatic N) is 2. The molecular weight excluding hydrogens is 542 g/mol. The van der Waals surface area contributed by atoms with Gasteiger partial charge in [0.15, 0.2) is 6.23 Å². The van der Waals surface area contributed by atoms with Crippen molar-refractivity contribution in [1.82, 2.24) is 14.6 Å². The van der Waals surface area contributed by atoms with Crippen molar-refractivity contribution in [3.63, 3.8) is 0 Å². The number of hydroxylamine groups is 2. The second kappa shape index (κ2) is 12.9. The minimum atomic E-state index is -2.97. The lowest BCUT2D eigenvalue weighted by Gasteiger charge is -2.45. The standard InChI is InChI=1S/C30H41N3O7Si/c1-21(40-41(30(2,3)4,22-13-9-7-10-14-22)23-15-11-8-12-16-23)26-25(35)27(37-19-20-38-32(5)6)28(39-26)33-18-17-24(34)31-29(33)36/h7-18,21,25-28,35H,19-20H2,1-6H3,(H,31,34,36)/t21?,25-,26-,27-,28-/m1/s1. The first-order valence-electron chi connectivity index (χ1n) is 13.8. The van der Waals surface area contributed by atoms with Crippen LogP contribution in [0.25, 0.3) is 0 Å². The molecule has 10 nitrogen and oxygen atoms in total. The first-order chi connectivity index (χ1) is 19.5. The van der Waals surface area contributed by atoms with Crippen LogP contribution in [0.4, 0.5) is 0 Å². The number of H-pyrrole nitrogens is 1. The first kappa shape index (κ1) is 31.0. The summed E-state index contributed by atoms with van der Waals surface area (Å²) in [6.45, 7) is 8.81. The van der Waals surface area contributed by atoms with Crippen LogP contribution in [0.2, 0.25) is 5.04 Å². The maximum Gasteiger partial charge on any atom is 0.330 e. The smallest absolute Gasteiger partial charge is 0.330 e. The highest BCUT2D eigenvalue weighted by Gasteiger charge is 2.55. The zero-order valence-electron chi connectivity index (χ0n) is 24.5. The molecule has 5 atom stereocenters. The van der Waals surface area contributed by atoms with Gasteiger partial charge >= 0.3 is 5.69 Å². The van der Waals surface area contributed by atoms with Gasteiger partial charge in [-0.3, -0.25) is 19.2 Å². The predicted octanol–water partition coefficient (Wildman–Crippen LogP) is 1.64. The van der Waals surface area contributed by atoms with E-state index in [2.05, 4.69) is 50.0 Å². The van der Waals surface area contributed by atoms with Gasteiger partial charge in [-0.15, -0.1) is 0 Å². The summed E-state index contributed by atoms with van der Waals surface area (Å²) in [5, 5.41) is 15.1. The zero-order chi connectivity index (χ0) is 29.8. The Kier molecular flexibility index (Phi) is 9.80. The average Bonchev–Trinajstić information content (AvgIpc) is 3.25. The van der Waals surface area contributed by atoms with Crippen LogP contribution in [0, 0.1) is 0 Å². The Bertz CT molecular complexity index is 1330. The van der Waals surface area contributed by atoms with E-state index in [1.165, 1.54) is 16.8 Å². The molecule has 11 heteroatoms. The molecule has 3 aromatic rings. The Morgan fingerprint density at radius 1 is 1.00 bits per heavy atom. The van der Waals surface area contributed by atoms with E-state index in [-0.39, 0.29) is 18.3 Å². The van der Waals surface area contributed by atoms with Crippen molar-refractivity contribution in [2.45, 2.75) is 63.4 Å². The van der Waals surface area contributed by atoms with Gasteiger partial charge in [-0.1, -0.05) is 81.4 Å². The van der Waals surface area contributed by atoms with E-state index >= 15 is 0 Å². The van der Waals surface area contributed by atoms with Crippen molar-refractivity contribution in [1.29, 1.82) is 0 Å². The third-order valence-corrected chi connectivity index (χ3v) is 12.5. The molecule has 1 aromatic heterocycles. The number of nitrogens with one attached hydrogen (secondary N) is 1. The number of rotatable bonds is 11. The minimum Gasteiger partial charge on any atom is -0.402 e. The Morgan fingerprint density at radius 2 is 1.59 bits per heavy atom. The highest BCUT2D eigenvalue weighted by Crippen LogP contribution is 2.40. The van der Waals surface area contributed by atoms with E-state index in [0.717, 1.165) is 10.4 Å². The van der Waals surface area contributed by atoms with Gasteiger partial charge in [-0.05, 0) is 22.3 Å². The van der Waals surface area contributed by atoms with Crippen LogP contribution >= 0.6 is 0 Å². The fourth-order valence-corrected chi connectivity index (χ4v) is 10.2. The quantitative estimate of drug-likeness (QED) is 0.199. The third kappa shape index (κ3) is 6.62. The number of aliphatic hydroxyl groups excluding tert-OH is 1. The largest absolute Gasteiger partial charge is 0.402 e. The molecule has 41 heavy (non-hydrogen) atoms. The van der Waals surface area contributed by atoms with E-state index in [4.69, 9.17) is 18.7 Å². The van der Waals surface area contributed by atoms with E-state index in [9.17, 15) is 14.7 Å². The van der Waals surface area contributed by atoms with Crippen LogP contribution in [-0.2, 0) is 18.7 Å². The molecule has 2 heterocycles. The monoisotopic (exact) mass is 583 g/mol. The number of hydrogen-bond acceptors (Lipinski definition) is 8. The lowest BCUT2D eigenvalue weighted by molar-refractivity contribution is -0.151. The Morgan fingerprint density at radius 3 is 2.10 bits per heavy atom. The highest BCUT2D eigenvalue weighted by atomic mass is 28.4. The maximum absolute atomic E-state index is 12.7. The molecule has 1 aliphatic rings. The van der Waals surface area contributed by atoms with Crippen molar-refractivity contribution < 1.29 is 23.8 Å². The van der Waals surface area contributed by atoms with Gasteiger partial charge in [0, 0.05) is 26.4 Å². The van der Waals surface area contributed by atoms with Gasteiger partial charge in [-0.25, -0.2) is 4.79 Å². The Balaban J connectivity index is 1.71. The van der Waals surface area contributed by atoms with E-state index in [1.54, 1.807) is 19.2 Å². The van der Waals surface area contributed by atoms with E-state index in [0.29, 0.717) is 0 Å². The van der Waals surface area contributed by atoms with Gasteiger partial charge in [0.25, 0.3) is 13.9 Å². The fraction of sp³-hybridized carbons (Fsp3) is 0.467. The summed E-state index contributed by atoms with van der Waals surface area (Å²) < 4.78 is 20.8. The van der Waals surface area contributed by atoms with Crippen LogP contribution in [0.15, 0.2) is 82.5 Å².